The van der Waals surface area contributed by atoms with Crippen molar-refractivity contribution < 1.29 is 14.3 Å². The Morgan fingerprint density at radius 3 is 2.89 bits per heavy atom. The van der Waals surface area contributed by atoms with Gasteiger partial charge >= 0.3 is 5.97 Å². The topological polar surface area (TPSA) is 88.2 Å². The molecule has 0 N–H and O–H groups in total. The van der Waals surface area contributed by atoms with Crippen molar-refractivity contribution >= 4 is 28.6 Å². The molecule has 0 bridgehead atoms. The van der Waals surface area contributed by atoms with Crippen LogP contribution in [0.4, 0.5) is 0 Å². The van der Waals surface area contributed by atoms with Gasteiger partial charge in [-0.2, -0.15) is 5.10 Å². The van der Waals surface area contributed by atoms with Crippen molar-refractivity contribution in [3.8, 4) is 0 Å². The third kappa shape index (κ3) is 3.45. The molecule has 0 amide bonds. The number of carbonyl (C=O) groups is 1. The van der Waals surface area contributed by atoms with Crippen LogP contribution in [0.1, 0.15) is 22.6 Å². The normalized spacial score (nSPS) is 16.3. The zero-order valence-electron chi connectivity index (χ0n) is 14.6. The van der Waals surface area contributed by atoms with Gasteiger partial charge in [0, 0.05) is 12.7 Å². The molecule has 1 aliphatic rings. The van der Waals surface area contributed by atoms with E-state index in [1.165, 1.54) is 24.1 Å². The molecular formula is C18H17ClN4O4. The quantitative estimate of drug-likeness (QED) is 0.620. The maximum Gasteiger partial charge on any atom is 0.337 e. The van der Waals surface area contributed by atoms with Gasteiger partial charge in [-0.05, 0) is 24.6 Å². The second-order valence-corrected chi connectivity index (χ2v) is 6.72. The molecule has 27 heavy (non-hydrogen) atoms. The highest BCUT2D eigenvalue weighted by Crippen LogP contribution is 2.23. The second-order valence-electron chi connectivity index (χ2n) is 6.28. The van der Waals surface area contributed by atoms with Crippen LogP contribution < -0.4 is 5.56 Å². The van der Waals surface area contributed by atoms with Gasteiger partial charge in [0.15, 0.2) is 0 Å². The minimum Gasteiger partial charge on any atom is -0.465 e. The Morgan fingerprint density at radius 1 is 1.41 bits per heavy atom. The Bertz CT molecular complexity index is 1070. The lowest BCUT2D eigenvalue weighted by Crippen LogP contribution is -2.32. The minimum atomic E-state index is -0.415. The second kappa shape index (κ2) is 7.13. The highest BCUT2D eigenvalue weighted by molar-refractivity contribution is 6.30. The summed E-state index contributed by atoms with van der Waals surface area (Å²) < 4.78 is 13.6. The minimum absolute atomic E-state index is 0.0813. The molecule has 140 valence electrons. The molecule has 0 saturated carbocycles. The highest BCUT2D eigenvalue weighted by atomic mass is 35.5. The van der Waals surface area contributed by atoms with Gasteiger partial charge in [0.25, 0.3) is 5.56 Å². The molecule has 1 fully saturated rings. The molecule has 1 aliphatic heterocycles. The average molecular weight is 389 g/mol. The number of rotatable bonds is 5. The van der Waals surface area contributed by atoms with E-state index in [2.05, 4.69) is 10.1 Å². The number of carbonyl (C=O) groups excluding carboxylic acids is 1. The summed E-state index contributed by atoms with van der Waals surface area (Å²) in [6.45, 7) is 1.50. The predicted octanol–water partition coefficient (Wildman–Crippen LogP) is 1.87. The number of halogens is 1. The van der Waals surface area contributed by atoms with Gasteiger partial charge in [-0.3, -0.25) is 4.79 Å². The van der Waals surface area contributed by atoms with E-state index in [1.807, 2.05) is 4.57 Å². The van der Waals surface area contributed by atoms with Crippen LogP contribution in [0.25, 0.3) is 11.0 Å². The highest BCUT2D eigenvalue weighted by Gasteiger charge is 2.23. The number of hydrogen-bond donors (Lipinski definition) is 0. The first-order valence-corrected chi connectivity index (χ1v) is 8.84. The molecule has 1 saturated heterocycles. The molecular weight excluding hydrogens is 372 g/mol. The first-order chi connectivity index (χ1) is 13.0. The van der Waals surface area contributed by atoms with E-state index < -0.39 is 5.97 Å². The van der Waals surface area contributed by atoms with Crippen LogP contribution in [0.2, 0.25) is 5.02 Å². The number of aromatic nitrogens is 4. The molecule has 8 nitrogen and oxygen atoms in total. The lowest BCUT2D eigenvalue weighted by molar-refractivity contribution is -0.0590. The van der Waals surface area contributed by atoms with Crippen molar-refractivity contribution in [1.29, 1.82) is 0 Å². The molecule has 4 rings (SSSR count). The van der Waals surface area contributed by atoms with Crippen molar-refractivity contribution in [1.82, 2.24) is 19.3 Å². The SMILES string of the molecule is COC(=O)c1ccc2nc(Cn3ncc(Cl)cc3=O)n(C[C@@H]3CCO3)c2c1. The maximum atomic E-state index is 12.1. The maximum absolute atomic E-state index is 12.1. The Kier molecular flexibility index (Phi) is 4.67. The average Bonchev–Trinajstić information content (AvgIpc) is 2.96. The number of hydrogen-bond acceptors (Lipinski definition) is 6. The monoisotopic (exact) mass is 388 g/mol. The third-order valence-electron chi connectivity index (χ3n) is 4.56. The number of ether oxygens (including phenoxy) is 2. The molecule has 1 atom stereocenters. The number of methoxy groups -OCH3 is 1. The summed E-state index contributed by atoms with van der Waals surface area (Å²) in [7, 11) is 1.34. The molecule has 0 radical (unpaired) electrons. The number of fused-ring (bicyclic) bond motifs is 1. The molecule has 2 aromatic heterocycles. The summed E-state index contributed by atoms with van der Waals surface area (Å²) in [5.41, 5.74) is 1.63. The van der Waals surface area contributed by atoms with Crippen LogP contribution in [-0.2, 0) is 22.6 Å². The number of esters is 1. The molecule has 3 heterocycles. The number of benzene rings is 1. The van der Waals surface area contributed by atoms with E-state index in [0.29, 0.717) is 17.9 Å². The summed E-state index contributed by atoms with van der Waals surface area (Å²) >= 11 is 5.81. The van der Waals surface area contributed by atoms with Gasteiger partial charge in [-0.25, -0.2) is 14.5 Å². The van der Waals surface area contributed by atoms with Crippen LogP contribution in [0.5, 0.6) is 0 Å². The Hall–Kier alpha value is -2.71. The van der Waals surface area contributed by atoms with Gasteiger partial charge in [-0.15, -0.1) is 0 Å². The molecule has 9 heteroatoms. The van der Waals surface area contributed by atoms with E-state index in [4.69, 9.17) is 21.1 Å². The summed E-state index contributed by atoms with van der Waals surface area (Å²) in [6.07, 6.45) is 2.45. The lowest BCUT2D eigenvalue weighted by Gasteiger charge is -2.27. The third-order valence-corrected chi connectivity index (χ3v) is 4.76. The Balaban J connectivity index is 1.78. The van der Waals surface area contributed by atoms with E-state index in [0.717, 1.165) is 24.1 Å². The van der Waals surface area contributed by atoms with E-state index in [-0.39, 0.29) is 23.2 Å². The molecule has 1 aromatic carbocycles. The van der Waals surface area contributed by atoms with Crippen molar-refractivity contribution in [2.75, 3.05) is 13.7 Å². The number of nitrogens with zero attached hydrogens (tertiary/aromatic N) is 4. The first-order valence-electron chi connectivity index (χ1n) is 8.47. The van der Waals surface area contributed by atoms with E-state index in [9.17, 15) is 9.59 Å². The van der Waals surface area contributed by atoms with Crippen LogP contribution in [-0.4, -0.2) is 45.1 Å². The van der Waals surface area contributed by atoms with E-state index >= 15 is 0 Å². The largest absolute Gasteiger partial charge is 0.465 e. The van der Waals surface area contributed by atoms with Crippen LogP contribution in [0, 0.1) is 0 Å². The van der Waals surface area contributed by atoms with E-state index in [1.54, 1.807) is 18.2 Å². The Labute approximate surface area is 159 Å². The summed E-state index contributed by atoms with van der Waals surface area (Å²) in [6, 6.07) is 6.49. The zero-order valence-corrected chi connectivity index (χ0v) is 15.3. The molecule has 0 aliphatic carbocycles. The summed E-state index contributed by atoms with van der Waals surface area (Å²) in [5.74, 6) is 0.237. The molecule has 0 spiro atoms. The van der Waals surface area contributed by atoms with Crippen molar-refractivity contribution in [3.63, 3.8) is 0 Å². The van der Waals surface area contributed by atoms with Crippen LogP contribution in [0.15, 0.2) is 35.3 Å². The molecule has 0 unspecified atom stereocenters. The zero-order chi connectivity index (χ0) is 19.0. The van der Waals surface area contributed by atoms with Crippen molar-refractivity contribution in [3.05, 3.63) is 57.2 Å². The first kappa shape index (κ1) is 17.7. The van der Waals surface area contributed by atoms with Gasteiger partial charge < -0.3 is 14.0 Å². The fourth-order valence-corrected chi connectivity index (χ4v) is 3.18. The van der Waals surface area contributed by atoms with Crippen molar-refractivity contribution in [2.24, 2.45) is 0 Å². The standard InChI is InChI=1S/C18H17ClN4O4/c1-26-18(25)11-2-3-14-15(6-11)22(9-13-4-5-27-13)16(21-14)10-23-17(24)7-12(19)8-20-23/h2-3,6-8,13H,4-5,9-10H2,1H3/t13-/m0/s1. The summed E-state index contributed by atoms with van der Waals surface area (Å²) in [4.78, 5) is 28.7. The fraction of sp³-hybridized carbons (Fsp3) is 0.333. The van der Waals surface area contributed by atoms with Gasteiger partial charge in [0.05, 0.1) is 47.6 Å². The summed E-state index contributed by atoms with van der Waals surface area (Å²) in [5, 5.41) is 4.36. The smallest absolute Gasteiger partial charge is 0.337 e. The van der Waals surface area contributed by atoms with Crippen molar-refractivity contribution in [2.45, 2.75) is 25.6 Å². The lowest BCUT2D eigenvalue weighted by atomic mass is 10.1. The van der Waals surface area contributed by atoms with Gasteiger partial charge in [-0.1, -0.05) is 11.6 Å². The van der Waals surface area contributed by atoms with Gasteiger partial charge in [0.2, 0.25) is 0 Å². The van der Waals surface area contributed by atoms with Gasteiger partial charge in [0.1, 0.15) is 12.4 Å². The fourth-order valence-electron chi connectivity index (χ4n) is 3.04. The molecule has 3 aromatic rings. The Morgan fingerprint density at radius 2 is 2.22 bits per heavy atom. The predicted molar refractivity (Wildman–Crippen MR) is 98.0 cm³/mol. The van der Waals surface area contributed by atoms with Crippen LogP contribution in [0.3, 0.4) is 0 Å². The van der Waals surface area contributed by atoms with Crippen LogP contribution >= 0.6 is 11.6 Å². The number of imidazole rings is 1.